The summed E-state index contributed by atoms with van der Waals surface area (Å²) < 4.78 is 0. The number of aromatic nitrogens is 2. The number of hydrogen-bond donors (Lipinski definition) is 2. The number of rotatable bonds is 3. The molecule has 148 valence electrons. The van der Waals surface area contributed by atoms with Crippen LogP contribution in [0.25, 0.3) is 0 Å². The average Bonchev–Trinajstić information content (AvgIpc) is 2.81. The first-order chi connectivity index (χ1) is 13.1. The molecule has 28 heavy (non-hydrogen) atoms. The summed E-state index contributed by atoms with van der Waals surface area (Å²) in [4.78, 5) is 32.5. The highest BCUT2D eigenvalue weighted by atomic mass is 16.4. The van der Waals surface area contributed by atoms with Crippen molar-refractivity contribution in [2.45, 2.75) is 39.5 Å². The quantitative estimate of drug-likeness (QED) is 0.848. The zero-order valence-electron chi connectivity index (χ0n) is 16.5. The second kappa shape index (κ2) is 7.58. The van der Waals surface area contributed by atoms with Crippen LogP contribution in [0.2, 0.25) is 0 Å². The van der Waals surface area contributed by atoms with E-state index in [1.54, 1.807) is 6.20 Å². The number of benzene rings is 1. The lowest BCUT2D eigenvalue weighted by Gasteiger charge is -2.33. The Balaban J connectivity index is 1.89. The maximum Gasteiger partial charge on any atom is 0.407 e. The van der Waals surface area contributed by atoms with Gasteiger partial charge >= 0.3 is 6.09 Å². The molecule has 7 heteroatoms. The molecule has 3 N–H and O–H groups in total. The molecule has 0 spiro atoms. The van der Waals surface area contributed by atoms with E-state index in [1.165, 1.54) is 22.2 Å². The standard InChI is InChI=1S/C21H26N4O3/c1-21(2,3)17-12-25(20(27)28)7-6-14-8-13(4-5-16(14)17)9-15-10-24-18(11-23-15)19(22)26/h4-5,8,10-11,17H,6-7,9,12H2,1-3H3,(H2,22,26)(H,27,28). The van der Waals surface area contributed by atoms with Gasteiger partial charge in [0.25, 0.3) is 5.91 Å². The molecule has 2 heterocycles. The van der Waals surface area contributed by atoms with Crippen molar-refractivity contribution >= 4 is 12.0 Å². The molecule has 0 bridgehead atoms. The van der Waals surface area contributed by atoms with Gasteiger partial charge < -0.3 is 15.7 Å². The van der Waals surface area contributed by atoms with E-state index >= 15 is 0 Å². The summed E-state index contributed by atoms with van der Waals surface area (Å²) in [7, 11) is 0. The van der Waals surface area contributed by atoms with Crippen LogP contribution in [0.15, 0.2) is 30.6 Å². The third kappa shape index (κ3) is 4.30. The number of amides is 2. The number of nitrogens with two attached hydrogens (primary N) is 1. The Morgan fingerprint density at radius 3 is 2.57 bits per heavy atom. The van der Waals surface area contributed by atoms with E-state index in [1.807, 2.05) is 0 Å². The van der Waals surface area contributed by atoms with E-state index in [-0.39, 0.29) is 17.0 Å². The number of carboxylic acid groups (broad SMARTS) is 1. The Labute approximate surface area is 164 Å². The van der Waals surface area contributed by atoms with Crippen LogP contribution in [-0.4, -0.2) is 45.1 Å². The summed E-state index contributed by atoms with van der Waals surface area (Å²) in [6.45, 7) is 7.44. The Bertz CT molecular complexity index is 888. The number of fused-ring (bicyclic) bond motifs is 1. The number of nitrogens with zero attached hydrogens (tertiary/aromatic N) is 3. The van der Waals surface area contributed by atoms with Gasteiger partial charge in [-0.25, -0.2) is 9.78 Å². The van der Waals surface area contributed by atoms with Gasteiger partial charge in [-0.15, -0.1) is 0 Å². The van der Waals surface area contributed by atoms with E-state index < -0.39 is 12.0 Å². The SMILES string of the molecule is CC(C)(C)C1CN(C(=O)O)CCc2cc(Cc3cnc(C(N)=O)cn3)ccc21. The first-order valence-electron chi connectivity index (χ1n) is 9.35. The molecule has 1 aromatic carbocycles. The van der Waals surface area contributed by atoms with Crippen molar-refractivity contribution in [3.8, 4) is 0 Å². The minimum atomic E-state index is -0.868. The molecule has 7 nitrogen and oxygen atoms in total. The fraction of sp³-hybridized carbons (Fsp3) is 0.429. The second-order valence-corrected chi connectivity index (χ2v) is 8.36. The van der Waals surface area contributed by atoms with Crippen molar-refractivity contribution in [1.29, 1.82) is 0 Å². The molecule has 1 aliphatic rings. The third-order valence-electron chi connectivity index (χ3n) is 5.30. The van der Waals surface area contributed by atoms with Crippen LogP contribution in [0.3, 0.4) is 0 Å². The molecule has 0 radical (unpaired) electrons. The van der Waals surface area contributed by atoms with Crippen LogP contribution in [0.4, 0.5) is 4.79 Å². The lowest BCUT2D eigenvalue weighted by molar-refractivity contribution is 0.0995. The van der Waals surface area contributed by atoms with E-state index in [9.17, 15) is 14.7 Å². The van der Waals surface area contributed by atoms with E-state index in [0.29, 0.717) is 25.9 Å². The predicted octanol–water partition coefficient (Wildman–Crippen LogP) is 2.83. The van der Waals surface area contributed by atoms with Gasteiger partial charge in [-0.3, -0.25) is 9.78 Å². The van der Waals surface area contributed by atoms with Crippen molar-refractivity contribution in [1.82, 2.24) is 14.9 Å². The topological polar surface area (TPSA) is 109 Å². The van der Waals surface area contributed by atoms with Crippen LogP contribution >= 0.6 is 0 Å². The lowest BCUT2D eigenvalue weighted by Crippen LogP contribution is -2.36. The second-order valence-electron chi connectivity index (χ2n) is 8.36. The Kier molecular flexibility index (Phi) is 5.36. The minimum absolute atomic E-state index is 0.0512. The van der Waals surface area contributed by atoms with Crippen molar-refractivity contribution in [3.63, 3.8) is 0 Å². The molecular formula is C21H26N4O3. The van der Waals surface area contributed by atoms with Gasteiger partial charge in [0, 0.05) is 31.6 Å². The molecule has 0 fully saturated rings. The van der Waals surface area contributed by atoms with Gasteiger partial charge in [0.1, 0.15) is 5.69 Å². The van der Waals surface area contributed by atoms with Crippen LogP contribution in [0.1, 0.15) is 59.6 Å². The Hall–Kier alpha value is -2.96. The highest BCUT2D eigenvalue weighted by Gasteiger charge is 2.33. The van der Waals surface area contributed by atoms with Crippen LogP contribution in [-0.2, 0) is 12.8 Å². The molecule has 1 atom stereocenters. The number of carbonyl (C=O) groups is 2. The fourth-order valence-corrected chi connectivity index (χ4v) is 3.69. The molecule has 0 saturated carbocycles. The van der Waals surface area contributed by atoms with Gasteiger partial charge in [0.05, 0.1) is 11.9 Å². The summed E-state index contributed by atoms with van der Waals surface area (Å²) in [6, 6.07) is 6.33. The van der Waals surface area contributed by atoms with Gasteiger partial charge in [-0.2, -0.15) is 0 Å². The highest BCUT2D eigenvalue weighted by molar-refractivity contribution is 5.90. The first kappa shape index (κ1) is 19.8. The summed E-state index contributed by atoms with van der Waals surface area (Å²) in [5.41, 5.74) is 9.52. The predicted molar refractivity (Wildman–Crippen MR) is 105 cm³/mol. The number of primary amides is 1. The summed E-state index contributed by atoms with van der Waals surface area (Å²) in [5, 5.41) is 9.51. The number of carbonyl (C=O) groups excluding carboxylic acids is 1. The summed E-state index contributed by atoms with van der Waals surface area (Å²) in [6.07, 6.45) is 3.36. The van der Waals surface area contributed by atoms with Gasteiger partial charge in [-0.05, 0) is 28.5 Å². The lowest BCUT2D eigenvalue weighted by atomic mass is 9.75. The fourth-order valence-electron chi connectivity index (χ4n) is 3.69. The maximum atomic E-state index is 11.6. The maximum absolute atomic E-state index is 11.6. The molecule has 1 aliphatic heterocycles. The smallest absolute Gasteiger partial charge is 0.407 e. The third-order valence-corrected chi connectivity index (χ3v) is 5.30. The summed E-state index contributed by atoms with van der Waals surface area (Å²) >= 11 is 0. The van der Waals surface area contributed by atoms with E-state index in [2.05, 4.69) is 48.9 Å². The molecular weight excluding hydrogens is 356 g/mol. The monoisotopic (exact) mass is 382 g/mol. The van der Waals surface area contributed by atoms with Crippen molar-refractivity contribution in [3.05, 3.63) is 58.7 Å². The van der Waals surface area contributed by atoms with Crippen molar-refractivity contribution < 1.29 is 14.7 Å². The molecule has 1 unspecified atom stereocenters. The zero-order chi connectivity index (χ0) is 20.5. The van der Waals surface area contributed by atoms with Gasteiger partial charge in [0.15, 0.2) is 0 Å². The molecule has 0 saturated heterocycles. The Morgan fingerprint density at radius 2 is 2.00 bits per heavy atom. The molecule has 1 aromatic heterocycles. The average molecular weight is 382 g/mol. The molecule has 0 aliphatic carbocycles. The molecule has 2 aromatic rings. The zero-order valence-corrected chi connectivity index (χ0v) is 16.5. The minimum Gasteiger partial charge on any atom is -0.465 e. The highest BCUT2D eigenvalue weighted by Crippen LogP contribution is 2.39. The number of hydrogen-bond acceptors (Lipinski definition) is 4. The van der Waals surface area contributed by atoms with Gasteiger partial charge in [0.2, 0.25) is 0 Å². The normalized spacial score (nSPS) is 17.0. The van der Waals surface area contributed by atoms with Crippen LogP contribution < -0.4 is 5.73 Å². The van der Waals surface area contributed by atoms with Crippen molar-refractivity contribution in [2.24, 2.45) is 11.1 Å². The largest absolute Gasteiger partial charge is 0.465 e. The van der Waals surface area contributed by atoms with E-state index in [4.69, 9.17) is 5.73 Å². The molecule has 3 rings (SSSR count). The van der Waals surface area contributed by atoms with E-state index in [0.717, 1.165) is 11.3 Å². The first-order valence-corrected chi connectivity index (χ1v) is 9.35. The van der Waals surface area contributed by atoms with Crippen molar-refractivity contribution in [2.75, 3.05) is 13.1 Å². The van der Waals surface area contributed by atoms with Gasteiger partial charge in [-0.1, -0.05) is 39.0 Å². The van der Waals surface area contributed by atoms with Crippen LogP contribution in [0, 0.1) is 5.41 Å². The molecule has 2 amide bonds. The Morgan fingerprint density at radius 1 is 1.25 bits per heavy atom. The summed E-state index contributed by atoms with van der Waals surface area (Å²) in [5.74, 6) is -0.468. The van der Waals surface area contributed by atoms with Crippen LogP contribution in [0.5, 0.6) is 0 Å².